The Kier molecular flexibility index (Phi) is 1.94. The Labute approximate surface area is 61.0 Å². The van der Waals surface area contributed by atoms with Gasteiger partial charge >= 0.3 is 0 Å². The van der Waals surface area contributed by atoms with E-state index in [4.69, 9.17) is 11.1 Å². The first-order chi connectivity index (χ1) is 4.70. The molecule has 0 radical (unpaired) electrons. The fourth-order valence-corrected chi connectivity index (χ4v) is 0.989. The first-order valence-corrected chi connectivity index (χ1v) is 3.45. The van der Waals surface area contributed by atoms with Crippen molar-refractivity contribution in [2.45, 2.75) is 13.3 Å². The molecular formula is C7H13N3. The SMILES string of the molecule is CC1=CCN(C(=N)N)CC1. The summed E-state index contributed by atoms with van der Waals surface area (Å²) in [5, 5.41) is 7.13. The highest BCUT2D eigenvalue weighted by atomic mass is 15.2. The molecule has 0 aliphatic carbocycles. The van der Waals surface area contributed by atoms with Crippen LogP contribution in [0.25, 0.3) is 0 Å². The molecule has 10 heavy (non-hydrogen) atoms. The van der Waals surface area contributed by atoms with Gasteiger partial charge in [-0.15, -0.1) is 0 Å². The maximum absolute atomic E-state index is 7.13. The van der Waals surface area contributed by atoms with Crippen molar-refractivity contribution < 1.29 is 0 Å². The molecule has 0 aromatic heterocycles. The zero-order valence-corrected chi connectivity index (χ0v) is 6.22. The number of guanidine groups is 1. The number of nitrogens with one attached hydrogen (secondary N) is 1. The van der Waals surface area contributed by atoms with Gasteiger partial charge in [-0.3, -0.25) is 5.41 Å². The molecule has 0 amide bonds. The summed E-state index contributed by atoms with van der Waals surface area (Å²) in [6.07, 6.45) is 3.16. The fourth-order valence-electron chi connectivity index (χ4n) is 0.989. The summed E-state index contributed by atoms with van der Waals surface area (Å²) in [5.41, 5.74) is 6.69. The summed E-state index contributed by atoms with van der Waals surface area (Å²) in [6, 6.07) is 0. The molecule has 3 N–H and O–H groups in total. The highest BCUT2D eigenvalue weighted by molar-refractivity contribution is 5.74. The van der Waals surface area contributed by atoms with Crippen LogP contribution in [-0.2, 0) is 0 Å². The Bertz CT molecular complexity index is 172. The highest BCUT2D eigenvalue weighted by Gasteiger charge is 2.08. The lowest BCUT2D eigenvalue weighted by Gasteiger charge is -2.25. The summed E-state index contributed by atoms with van der Waals surface area (Å²) in [5.74, 6) is 0.184. The number of nitrogens with zero attached hydrogens (tertiary/aromatic N) is 1. The van der Waals surface area contributed by atoms with Crippen molar-refractivity contribution in [1.82, 2.24) is 4.90 Å². The molecule has 0 saturated heterocycles. The Morgan fingerprint density at radius 3 is 2.90 bits per heavy atom. The van der Waals surface area contributed by atoms with Gasteiger partial charge in [0.1, 0.15) is 0 Å². The van der Waals surface area contributed by atoms with Crippen LogP contribution in [0, 0.1) is 5.41 Å². The molecule has 0 fully saturated rings. The van der Waals surface area contributed by atoms with Gasteiger partial charge in [0.2, 0.25) is 0 Å². The van der Waals surface area contributed by atoms with Crippen molar-refractivity contribution in [3.05, 3.63) is 11.6 Å². The van der Waals surface area contributed by atoms with E-state index in [0.717, 1.165) is 19.5 Å². The smallest absolute Gasteiger partial charge is 0.188 e. The summed E-state index contributed by atoms with van der Waals surface area (Å²) in [7, 11) is 0. The molecule has 1 aliphatic rings. The van der Waals surface area contributed by atoms with Crippen LogP contribution in [0.3, 0.4) is 0 Å². The van der Waals surface area contributed by atoms with Crippen LogP contribution in [0.2, 0.25) is 0 Å². The van der Waals surface area contributed by atoms with Crippen LogP contribution in [0.4, 0.5) is 0 Å². The van der Waals surface area contributed by atoms with E-state index in [-0.39, 0.29) is 5.96 Å². The van der Waals surface area contributed by atoms with Crippen molar-refractivity contribution in [2.24, 2.45) is 5.73 Å². The van der Waals surface area contributed by atoms with Gasteiger partial charge in [-0.25, -0.2) is 0 Å². The zero-order chi connectivity index (χ0) is 7.56. The Hall–Kier alpha value is -0.990. The zero-order valence-electron chi connectivity index (χ0n) is 6.22. The molecule has 0 aromatic rings. The highest BCUT2D eigenvalue weighted by Crippen LogP contribution is 2.07. The van der Waals surface area contributed by atoms with E-state index < -0.39 is 0 Å². The molecule has 0 bridgehead atoms. The molecule has 1 heterocycles. The summed E-state index contributed by atoms with van der Waals surface area (Å²) in [4.78, 5) is 1.85. The summed E-state index contributed by atoms with van der Waals surface area (Å²) >= 11 is 0. The van der Waals surface area contributed by atoms with E-state index >= 15 is 0 Å². The van der Waals surface area contributed by atoms with Crippen LogP contribution in [0.1, 0.15) is 13.3 Å². The molecule has 3 heteroatoms. The first kappa shape index (κ1) is 7.12. The van der Waals surface area contributed by atoms with Crippen LogP contribution in [-0.4, -0.2) is 23.9 Å². The van der Waals surface area contributed by atoms with Gasteiger partial charge in [-0.1, -0.05) is 11.6 Å². The minimum atomic E-state index is 0.184. The summed E-state index contributed by atoms with van der Waals surface area (Å²) < 4.78 is 0. The maximum Gasteiger partial charge on any atom is 0.188 e. The van der Waals surface area contributed by atoms with Crippen molar-refractivity contribution in [3.63, 3.8) is 0 Å². The second kappa shape index (κ2) is 2.73. The summed E-state index contributed by atoms with van der Waals surface area (Å²) in [6.45, 7) is 3.82. The lowest BCUT2D eigenvalue weighted by Crippen LogP contribution is -2.39. The van der Waals surface area contributed by atoms with E-state index in [0.29, 0.717) is 0 Å². The Morgan fingerprint density at radius 1 is 1.80 bits per heavy atom. The lowest BCUT2D eigenvalue weighted by molar-refractivity contribution is 0.437. The molecule has 0 unspecified atom stereocenters. The molecule has 0 spiro atoms. The average molecular weight is 139 g/mol. The normalized spacial score (nSPS) is 18.5. The van der Waals surface area contributed by atoms with Gasteiger partial charge < -0.3 is 10.6 Å². The predicted octanol–water partition coefficient (Wildman–Crippen LogP) is 0.532. The molecule has 3 nitrogen and oxygen atoms in total. The molecule has 56 valence electrons. The average Bonchev–Trinajstić information content (AvgIpc) is 1.88. The van der Waals surface area contributed by atoms with Crippen LogP contribution < -0.4 is 5.73 Å². The van der Waals surface area contributed by atoms with Gasteiger partial charge in [0.05, 0.1) is 0 Å². The van der Waals surface area contributed by atoms with E-state index in [1.165, 1.54) is 5.57 Å². The number of hydrogen-bond donors (Lipinski definition) is 2. The van der Waals surface area contributed by atoms with Crippen LogP contribution in [0.5, 0.6) is 0 Å². The van der Waals surface area contributed by atoms with E-state index in [1.807, 2.05) is 4.90 Å². The number of nitrogens with two attached hydrogens (primary N) is 1. The minimum absolute atomic E-state index is 0.184. The number of hydrogen-bond acceptors (Lipinski definition) is 1. The quantitative estimate of drug-likeness (QED) is 0.292. The van der Waals surface area contributed by atoms with Crippen molar-refractivity contribution in [1.29, 1.82) is 5.41 Å². The van der Waals surface area contributed by atoms with E-state index in [1.54, 1.807) is 0 Å². The van der Waals surface area contributed by atoms with Crippen LogP contribution in [0.15, 0.2) is 11.6 Å². The molecule has 1 aliphatic heterocycles. The topological polar surface area (TPSA) is 53.1 Å². The molecule has 0 aromatic carbocycles. The Balaban J connectivity index is 2.50. The van der Waals surface area contributed by atoms with Gasteiger partial charge in [-0.2, -0.15) is 0 Å². The predicted molar refractivity (Wildman–Crippen MR) is 41.9 cm³/mol. The molecule has 1 rings (SSSR count). The molecule has 0 saturated carbocycles. The van der Waals surface area contributed by atoms with Gasteiger partial charge in [-0.05, 0) is 13.3 Å². The molecular weight excluding hydrogens is 126 g/mol. The van der Waals surface area contributed by atoms with Gasteiger partial charge in [0, 0.05) is 13.1 Å². The standard InChI is InChI=1S/C7H13N3/c1-6-2-4-10(5-3-6)7(8)9/h2H,3-5H2,1H3,(H3,8,9). The van der Waals surface area contributed by atoms with E-state index in [9.17, 15) is 0 Å². The molecule has 0 atom stereocenters. The third-order valence-electron chi connectivity index (χ3n) is 1.78. The maximum atomic E-state index is 7.13. The first-order valence-electron chi connectivity index (χ1n) is 3.45. The largest absolute Gasteiger partial charge is 0.370 e. The number of rotatable bonds is 0. The third-order valence-corrected chi connectivity index (χ3v) is 1.78. The third kappa shape index (κ3) is 1.50. The fraction of sp³-hybridized carbons (Fsp3) is 0.571. The lowest BCUT2D eigenvalue weighted by atomic mass is 10.1. The van der Waals surface area contributed by atoms with Crippen molar-refractivity contribution in [2.75, 3.05) is 13.1 Å². The second-order valence-electron chi connectivity index (χ2n) is 2.63. The minimum Gasteiger partial charge on any atom is -0.370 e. The van der Waals surface area contributed by atoms with Crippen molar-refractivity contribution in [3.8, 4) is 0 Å². The van der Waals surface area contributed by atoms with Gasteiger partial charge in [0.25, 0.3) is 0 Å². The van der Waals surface area contributed by atoms with E-state index in [2.05, 4.69) is 13.0 Å². The Morgan fingerprint density at radius 2 is 2.50 bits per heavy atom. The van der Waals surface area contributed by atoms with Crippen LogP contribution >= 0.6 is 0 Å². The van der Waals surface area contributed by atoms with Gasteiger partial charge in [0.15, 0.2) is 5.96 Å². The second-order valence-corrected chi connectivity index (χ2v) is 2.63. The monoisotopic (exact) mass is 139 g/mol. The van der Waals surface area contributed by atoms with Crippen molar-refractivity contribution >= 4 is 5.96 Å².